The van der Waals surface area contributed by atoms with Gasteiger partial charge in [0, 0.05) is 50.2 Å². The van der Waals surface area contributed by atoms with E-state index >= 15 is 0 Å². The fourth-order valence-corrected chi connectivity index (χ4v) is 3.72. The second kappa shape index (κ2) is 6.98. The molecule has 0 aliphatic carbocycles. The fourth-order valence-electron chi connectivity index (χ4n) is 3.72. The molecule has 27 heavy (non-hydrogen) atoms. The normalized spacial score (nSPS) is 17.4. The number of rotatable bonds is 4. The molecular formula is C18H25N9. The molecule has 1 fully saturated rings. The lowest BCUT2D eigenvalue weighted by Gasteiger charge is -2.33. The van der Waals surface area contributed by atoms with Crippen LogP contribution in [0.3, 0.4) is 0 Å². The maximum atomic E-state index is 5.83. The van der Waals surface area contributed by atoms with Crippen LogP contribution in [-0.2, 0) is 13.6 Å². The summed E-state index contributed by atoms with van der Waals surface area (Å²) in [5.74, 6) is 4.45. The van der Waals surface area contributed by atoms with Gasteiger partial charge in [-0.15, -0.1) is 10.2 Å². The highest BCUT2D eigenvalue weighted by molar-refractivity contribution is 5.44. The van der Waals surface area contributed by atoms with Crippen LogP contribution in [0, 0.1) is 13.8 Å². The minimum Gasteiger partial charge on any atom is -0.368 e. The standard InChI is InChI=1S/C18H25N9/c1-12-9-15(22-18(19)21-12)27-7-4-5-14(10-27)17-24-23-16(25(17)3)11-26-8-6-20-13(26)2/h6,8-9,14H,4-5,7,10-11H2,1-3H3,(H2,19,21,22)/t14-/m0/s1. The van der Waals surface area contributed by atoms with E-state index in [0.29, 0.717) is 18.4 Å². The van der Waals surface area contributed by atoms with Gasteiger partial charge in [-0.1, -0.05) is 0 Å². The Hall–Kier alpha value is -2.97. The Balaban J connectivity index is 1.54. The van der Waals surface area contributed by atoms with Crippen molar-refractivity contribution in [3.05, 3.63) is 41.6 Å². The minimum absolute atomic E-state index is 0.311. The molecular weight excluding hydrogens is 342 g/mol. The minimum atomic E-state index is 0.311. The number of piperidine rings is 1. The molecule has 0 spiro atoms. The van der Waals surface area contributed by atoms with Crippen molar-refractivity contribution < 1.29 is 0 Å². The topological polar surface area (TPSA) is 104 Å². The first-order valence-corrected chi connectivity index (χ1v) is 9.23. The van der Waals surface area contributed by atoms with Crippen LogP contribution in [0.15, 0.2) is 18.5 Å². The maximum Gasteiger partial charge on any atom is 0.222 e. The van der Waals surface area contributed by atoms with E-state index in [1.165, 1.54) is 0 Å². The summed E-state index contributed by atoms with van der Waals surface area (Å²) >= 11 is 0. The van der Waals surface area contributed by atoms with Gasteiger partial charge in [0.2, 0.25) is 5.95 Å². The summed E-state index contributed by atoms with van der Waals surface area (Å²) < 4.78 is 4.20. The molecule has 3 aromatic heterocycles. The second-order valence-corrected chi connectivity index (χ2v) is 7.15. The van der Waals surface area contributed by atoms with E-state index in [9.17, 15) is 0 Å². The molecule has 4 heterocycles. The molecule has 0 unspecified atom stereocenters. The first-order valence-electron chi connectivity index (χ1n) is 9.23. The number of hydrogen-bond acceptors (Lipinski definition) is 7. The highest BCUT2D eigenvalue weighted by Gasteiger charge is 2.27. The number of nitrogen functional groups attached to an aromatic ring is 1. The zero-order chi connectivity index (χ0) is 19.0. The molecule has 1 atom stereocenters. The first-order chi connectivity index (χ1) is 13.0. The van der Waals surface area contributed by atoms with Gasteiger partial charge in [-0.05, 0) is 26.7 Å². The second-order valence-electron chi connectivity index (χ2n) is 7.15. The summed E-state index contributed by atoms with van der Waals surface area (Å²) in [6, 6.07) is 1.99. The average Bonchev–Trinajstić information content (AvgIpc) is 3.21. The van der Waals surface area contributed by atoms with Gasteiger partial charge in [-0.25, -0.2) is 9.97 Å². The third-order valence-electron chi connectivity index (χ3n) is 5.20. The van der Waals surface area contributed by atoms with Crippen molar-refractivity contribution in [2.75, 3.05) is 23.7 Å². The van der Waals surface area contributed by atoms with Gasteiger partial charge in [0.15, 0.2) is 5.82 Å². The smallest absolute Gasteiger partial charge is 0.222 e. The van der Waals surface area contributed by atoms with Crippen molar-refractivity contribution in [3.63, 3.8) is 0 Å². The number of nitrogens with two attached hydrogens (primary N) is 1. The van der Waals surface area contributed by atoms with Crippen LogP contribution < -0.4 is 10.6 Å². The van der Waals surface area contributed by atoms with Gasteiger partial charge in [-0.3, -0.25) is 0 Å². The summed E-state index contributed by atoms with van der Waals surface area (Å²) in [6.07, 6.45) is 5.94. The number of anilines is 2. The van der Waals surface area contributed by atoms with Crippen LogP contribution >= 0.6 is 0 Å². The van der Waals surface area contributed by atoms with Crippen LogP contribution in [0.4, 0.5) is 11.8 Å². The number of hydrogen-bond donors (Lipinski definition) is 1. The van der Waals surface area contributed by atoms with Crippen molar-refractivity contribution in [1.82, 2.24) is 34.3 Å². The van der Waals surface area contributed by atoms with Crippen molar-refractivity contribution in [2.45, 2.75) is 39.2 Å². The Morgan fingerprint density at radius 1 is 1.22 bits per heavy atom. The Morgan fingerprint density at radius 2 is 2.07 bits per heavy atom. The van der Waals surface area contributed by atoms with Crippen molar-refractivity contribution in [1.29, 1.82) is 0 Å². The molecule has 4 rings (SSSR count). The largest absolute Gasteiger partial charge is 0.368 e. The molecule has 9 heteroatoms. The predicted octanol–water partition coefficient (Wildman–Crippen LogP) is 1.43. The molecule has 0 saturated carbocycles. The summed E-state index contributed by atoms with van der Waals surface area (Å²) in [5, 5.41) is 8.94. The van der Waals surface area contributed by atoms with Crippen LogP contribution in [0.1, 0.15) is 41.9 Å². The molecule has 142 valence electrons. The van der Waals surface area contributed by atoms with Gasteiger partial charge in [0.1, 0.15) is 17.5 Å². The number of imidazole rings is 1. The van der Waals surface area contributed by atoms with Gasteiger partial charge >= 0.3 is 0 Å². The summed E-state index contributed by atoms with van der Waals surface area (Å²) in [4.78, 5) is 15.1. The number of aryl methyl sites for hydroxylation is 2. The third kappa shape index (κ3) is 3.49. The van der Waals surface area contributed by atoms with Gasteiger partial charge in [0.05, 0.1) is 6.54 Å². The molecule has 1 aliphatic heterocycles. The lowest BCUT2D eigenvalue weighted by Crippen LogP contribution is -2.36. The van der Waals surface area contributed by atoms with Crippen LogP contribution in [0.25, 0.3) is 0 Å². The van der Waals surface area contributed by atoms with Crippen molar-refractivity contribution in [2.24, 2.45) is 7.05 Å². The summed E-state index contributed by atoms with van der Waals surface area (Å²) in [7, 11) is 2.04. The molecule has 3 aromatic rings. The van der Waals surface area contributed by atoms with E-state index in [1.54, 1.807) is 6.20 Å². The Labute approximate surface area is 158 Å². The SMILES string of the molecule is Cc1cc(N2CCC[C@H](c3nnc(Cn4ccnc4C)n3C)C2)nc(N)n1. The van der Waals surface area contributed by atoms with Gasteiger partial charge in [-0.2, -0.15) is 4.98 Å². The molecule has 0 bridgehead atoms. The molecule has 2 N–H and O–H groups in total. The fraction of sp³-hybridized carbons (Fsp3) is 0.500. The van der Waals surface area contributed by atoms with E-state index in [2.05, 4.69) is 39.2 Å². The predicted molar refractivity (Wildman–Crippen MR) is 102 cm³/mol. The average molecular weight is 367 g/mol. The zero-order valence-electron chi connectivity index (χ0n) is 16.0. The summed E-state index contributed by atoms with van der Waals surface area (Å²) in [6.45, 7) is 6.42. The van der Waals surface area contributed by atoms with Crippen molar-refractivity contribution in [3.8, 4) is 0 Å². The van der Waals surface area contributed by atoms with E-state index in [4.69, 9.17) is 5.73 Å². The van der Waals surface area contributed by atoms with E-state index in [-0.39, 0.29) is 0 Å². The molecule has 9 nitrogen and oxygen atoms in total. The number of nitrogens with zero attached hydrogens (tertiary/aromatic N) is 8. The van der Waals surface area contributed by atoms with Gasteiger partial charge < -0.3 is 19.8 Å². The third-order valence-corrected chi connectivity index (χ3v) is 5.20. The molecule has 1 saturated heterocycles. The Morgan fingerprint density at radius 3 is 2.81 bits per heavy atom. The Bertz CT molecular complexity index is 922. The lowest BCUT2D eigenvalue weighted by molar-refractivity contribution is 0.475. The molecule has 0 aromatic carbocycles. The van der Waals surface area contributed by atoms with E-state index in [0.717, 1.165) is 54.9 Å². The molecule has 1 aliphatic rings. The van der Waals surface area contributed by atoms with Crippen LogP contribution in [0.2, 0.25) is 0 Å². The maximum absolute atomic E-state index is 5.83. The van der Waals surface area contributed by atoms with Crippen LogP contribution in [0.5, 0.6) is 0 Å². The zero-order valence-corrected chi connectivity index (χ0v) is 16.0. The highest BCUT2D eigenvalue weighted by atomic mass is 15.3. The lowest BCUT2D eigenvalue weighted by atomic mass is 9.97. The first kappa shape index (κ1) is 17.4. The quantitative estimate of drug-likeness (QED) is 0.744. The van der Waals surface area contributed by atoms with E-state index < -0.39 is 0 Å². The summed E-state index contributed by atoms with van der Waals surface area (Å²) in [5.41, 5.74) is 6.72. The van der Waals surface area contributed by atoms with E-state index in [1.807, 2.05) is 33.2 Å². The molecule has 0 amide bonds. The highest BCUT2D eigenvalue weighted by Crippen LogP contribution is 2.29. The monoisotopic (exact) mass is 367 g/mol. The molecule has 0 radical (unpaired) electrons. The van der Waals surface area contributed by atoms with Crippen LogP contribution in [-0.4, -0.2) is 47.4 Å². The van der Waals surface area contributed by atoms with Gasteiger partial charge in [0.25, 0.3) is 0 Å². The van der Waals surface area contributed by atoms with Crippen molar-refractivity contribution >= 4 is 11.8 Å². The Kier molecular flexibility index (Phi) is 4.51. The number of aromatic nitrogens is 7.